The third-order valence-electron chi connectivity index (χ3n) is 3.43. The highest BCUT2D eigenvalue weighted by molar-refractivity contribution is 5.91. The molecule has 23 heavy (non-hydrogen) atoms. The molecule has 2 atom stereocenters. The second kappa shape index (κ2) is 9.62. The maximum absolute atomic E-state index is 12.1. The maximum Gasteiger partial charge on any atom is 0.243 e. The summed E-state index contributed by atoms with van der Waals surface area (Å²) in [7, 11) is 0. The molecule has 0 spiro atoms. The van der Waals surface area contributed by atoms with Gasteiger partial charge in [-0.3, -0.25) is 19.8 Å². The van der Waals surface area contributed by atoms with Crippen molar-refractivity contribution in [1.82, 2.24) is 21.3 Å². The molecule has 1 rings (SSSR count). The van der Waals surface area contributed by atoms with E-state index in [2.05, 4.69) is 21.3 Å². The van der Waals surface area contributed by atoms with Gasteiger partial charge in [-0.15, -0.1) is 0 Å². The van der Waals surface area contributed by atoms with Crippen LogP contribution >= 0.6 is 0 Å². The first kappa shape index (κ1) is 18.7. The van der Waals surface area contributed by atoms with Crippen LogP contribution in [0.5, 0.6) is 0 Å². The van der Waals surface area contributed by atoms with E-state index in [1.807, 2.05) is 0 Å². The number of hydrogen-bond acceptors (Lipinski definition) is 5. The van der Waals surface area contributed by atoms with Crippen LogP contribution in [0.1, 0.15) is 25.7 Å². The minimum atomic E-state index is -0.766. The average molecular weight is 327 g/mol. The molecular formula is C13H25N7O3. The van der Waals surface area contributed by atoms with Gasteiger partial charge in [0.25, 0.3) is 0 Å². The smallest absolute Gasteiger partial charge is 0.243 e. The van der Waals surface area contributed by atoms with E-state index in [-0.39, 0.29) is 24.5 Å². The molecular weight excluding hydrogens is 302 g/mol. The third kappa shape index (κ3) is 7.45. The van der Waals surface area contributed by atoms with Crippen molar-refractivity contribution in [3.63, 3.8) is 0 Å². The van der Waals surface area contributed by atoms with Gasteiger partial charge >= 0.3 is 0 Å². The van der Waals surface area contributed by atoms with Crippen LogP contribution in [0.25, 0.3) is 0 Å². The molecule has 2 unspecified atom stereocenters. The van der Waals surface area contributed by atoms with Gasteiger partial charge in [-0.05, 0) is 32.2 Å². The lowest BCUT2D eigenvalue weighted by atomic mass is 10.1. The SMILES string of the molecule is N=C(N)NCCCC(NC(=O)C1CCCN1)C(=O)NCC(N)=O. The van der Waals surface area contributed by atoms with Crippen LogP contribution in [0, 0.1) is 5.41 Å². The quantitative estimate of drug-likeness (QED) is 0.136. The van der Waals surface area contributed by atoms with Crippen LogP contribution in [0.15, 0.2) is 0 Å². The Labute approximate surface area is 134 Å². The van der Waals surface area contributed by atoms with Gasteiger partial charge in [0, 0.05) is 6.54 Å². The van der Waals surface area contributed by atoms with Gasteiger partial charge in [-0.2, -0.15) is 0 Å². The predicted molar refractivity (Wildman–Crippen MR) is 84.3 cm³/mol. The molecule has 1 fully saturated rings. The molecule has 3 amide bonds. The summed E-state index contributed by atoms with van der Waals surface area (Å²) in [4.78, 5) is 35.0. The second-order valence-electron chi connectivity index (χ2n) is 5.38. The van der Waals surface area contributed by atoms with Gasteiger partial charge < -0.3 is 32.7 Å². The molecule has 0 aromatic rings. The largest absolute Gasteiger partial charge is 0.370 e. The van der Waals surface area contributed by atoms with Crippen molar-refractivity contribution in [3.8, 4) is 0 Å². The Morgan fingerprint density at radius 1 is 1.26 bits per heavy atom. The number of nitrogens with one attached hydrogen (secondary N) is 5. The van der Waals surface area contributed by atoms with Crippen LogP contribution in [-0.2, 0) is 14.4 Å². The van der Waals surface area contributed by atoms with Crippen LogP contribution in [-0.4, -0.2) is 55.4 Å². The highest BCUT2D eigenvalue weighted by atomic mass is 16.2. The lowest BCUT2D eigenvalue weighted by Crippen LogP contribution is -2.52. The van der Waals surface area contributed by atoms with Crippen molar-refractivity contribution < 1.29 is 14.4 Å². The average Bonchev–Trinajstić information content (AvgIpc) is 3.01. The Kier molecular flexibility index (Phi) is 7.81. The van der Waals surface area contributed by atoms with E-state index in [0.717, 1.165) is 19.4 Å². The van der Waals surface area contributed by atoms with Crippen molar-refractivity contribution in [2.24, 2.45) is 11.5 Å². The van der Waals surface area contributed by atoms with E-state index >= 15 is 0 Å². The zero-order valence-corrected chi connectivity index (χ0v) is 13.0. The molecule has 0 aliphatic carbocycles. The van der Waals surface area contributed by atoms with Crippen molar-refractivity contribution in [3.05, 3.63) is 0 Å². The van der Waals surface area contributed by atoms with E-state index < -0.39 is 17.9 Å². The summed E-state index contributed by atoms with van der Waals surface area (Å²) in [6.45, 7) is 0.907. The fourth-order valence-electron chi connectivity index (χ4n) is 2.28. The Balaban J connectivity index is 2.51. The van der Waals surface area contributed by atoms with E-state index in [1.165, 1.54) is 0 Å². The molecule has 0 bridgehead atoms. The molecule has 0 aromatic carbocycles. The molecule has 130 valence electrons. The van der Waals surface area contributed by atoms with Gasteiger partial charge in [0.05, 0.1) is 12.6 Å². The number of guanidine groups is 1. The first-order valence-corrected chi connectivity index (χ1v) is 7.58. The molecule has 0 saturated carbocycles. The molecule has 1 aliphatic rings. The van der Waals surface area contributed by atoms with Crippen molar-refractivity contribution >= 4 is 23.7 Å². The normalized spacial score (nSPS) is 18.0. The Morgan fingerprint density at radius 3 is 2.57 bits per heavy atom. The standard InChI is InChI=1S/C13H25N7O3/c14-10(21)7-19-11(22)9(4-2-6-18-13(15)16)20-12(23)8-3-1-5-17-8/h8-9,17H,1-7H2,(H2,14,21)(H,19,22)(H,20,23)(H4,15,16,18). The van der Waals surface area contributed by atoms with Crippen molar-refractivity contribution in [1.29, 1.82) is 5.41 Å². The summed E-state index contributed by atoms with van der Waals surface area (Å²) in [5.74, 6) is -1.50. The zero-order valence-electron chi connectivity index (χ0n) is 13.0. The minimum Gasteiger partial charge on any atom is -0.370 e. The highest BCUT2D eigenvalue weighted by Gasteiger charge is 2.27. The van der Waals surface area contributed by atoms with Crippen LogP contribution in [0.4, 0.5) is 0 Å². The first-order chi connectivity index (χ1) is 10.9. The lowest BCUT2D eigenvalue weighted by molar-refractivity contribution is -0.130. The predicted octanol–water partition coefficient (Wildman–Crippen LogP) is -2.91. The summed E-state index contributed by atoms with van der Waals surface area (Å²) < 4.78 is 0. The summed E-state index contributed by atoms with van der Waals surface area (Å²) in [5.41, 5.74) is 10.2. The van der Waals surface area contributed by atoms with E-state index in [1.54, 1.807) is 0 Å². The second-order valence-corrected chi connectivity index (χ2v) is 5.38. The Morgan fingerprint density at radius 2 is 2.00 bits per heavy atom. The van der Waals surface area contributed by atoms with Gasteiger partial charge in [-0.25, -0.2) is 0 Å². The molecule has 0 aromatic heterocycles. The van der Waals surface area contributed by atoms with Gasteiger partial charge in [0.15, 0.2) is 5.96 Å². The van der Waals surface area contributed by atoms with Crippen molar-refractivity contribution in [2.45, 2.75) is 37.8 Å². The maximum atomic E-state index is 12.1. The number of hydrogen-bond donors (Lipinski definition) is 7. The summed E-state index contributed by atoms with van der Waals surface area (Å²) in [6, 6.07) is -1.06. The molecule has 9 N–H and O–H groups in total. The fraction of sp³-hybridized carbons (Fsp3) is 0.692. The Bertz CT molecular complexity index is 449. The number of amides is 3. The van der Waals surface area contributed by atoms with Gasteiger partial charge in [-0.1, -0.05) is 0 Å². The van der Waals surface area contributed by atoms with Gasteiger partial charge in [0.1, 0.15) is 6.04 Å². The van der Waals surface area contributed by atoms with E-state index in [0.29, 0.717) is 19.4 Å². The van der Waals surface area contributed by atoms with Crippen molar-refractivity contribution in [2.75, 3.05) is 19.6 Å². The molecule has 0 radical (unpaired) electrons. The van der Waals surface area contributed by atoms with Gasteiger partial charge in [0.2, 0.25) is 17.7 Å². The van der Waals surface area contributed by atoms with E-state index in [4.69, 9.17) is 16.9 Å². The topological polar surface area (TPSA) is 175 Å². The first-order valence-electron chi connectivity index (χ1n) is 7.58. The lowest BCUT2D eigenvalue weighted by Gasteiger charge is -2.20. The molecule has 1 saturated heterocycles. The minimum absolute atomic E-state index is 0.154. The highest BCUT2D eigenvalue weighted by Crippen LogP contribution is 2.06. The van der Waals surface area contributed by atoms with Crippen LogP contribution in [0.3, 0.4) is 0 Å². The fourth-order valence-corrected chi connectivity index (χ4v) is 2.28. The summed E-state index contributed by atoms with van der Waals surface area (Å²) >= 11 is 0. The number of nitrogens with two attached hydrogens (primary N) is 2. The van der Waals surface area contributed by atoms with Crippen LogP contribution < -0.4 is 32.7 Å². The van der Waals surface area contributed by atoms with Crippen LogP contribution in [0.2, 0.25) is 0 Å². The molecule has 1 aliphatic heterocycles. The zero-order chi connectivity index (χ0) is 17.2. The molecule has 1 heterocycles. The Hall–Kier alpha value is -2.36. The number of rotatable bonds is 9. The van der Waals surface area contributed by atoms with E-state index in [9.17, 15) is 14.4 Å². The monoisotopic (exact) mass is 327 g/mol. The molecule has 10 nitrogen and oxygen atoms in total. The number of carbonyl (C=O) groups excluding carboxylic acids is 3. The summed E-state index contributed by atoms with van der Waals surface area (Å²) in [5, 5.41) is 17.8. The number of carbonyl (C=O) groups is 3. The molecule has 10 heteroatoms. The third-order valence-corrected chi connectivity index (χ3v) is 3.43. The summed E-state index contributed by atoms with van der Waals surface area (Å²) in [6.07, 6.45) is 2.52. The number of primary amides is 1.